The van der Waals surface area contributed by atoms with Crippen molar-refractivity contribution in [2.45, 2.75) is 81.9 Å². The molecule has 1 aromatic heterocycles. The van der Waals surface area contributed by atoms with Crippen LogP contribution in [0, 0.1) is 19.8 Å². The summed E-state index contributed by atoms with van der Waals surface area (Å²) in [5.41, 5.74) is 0.545. The van der Waals surface area contributed by atoms with Crippen LogP contribution in [0.25, 0.3) is 0 Å². The largest absolute Gasteiger partial charge is 0.490 e. The molecule has 2 N–H and O–H groups in total. The smallest absolute Gasteiger partial charge is 0.261 e. The van der Waals surface area contributed by atoms with Gasteiger partial charge in [-0.1, -0.05) is 30.3 Å². The lowest BCUT2D eigenvalue weighted by Crippen LogP contribution is -2.48. The van der Waals surface area contributed by atoms with Gasteiger partial charge in [-0.05, 0) is 77.3 Å². The molecule has 48 heavy (non-hydrogen) atoms. The van der Waals surface area contributed by atoms with E-state index in [4.69, 9.17) is 14.0 Å². The van der Waals surface area contributed by atoms with E-state index in [1.807, 2.05) is 13.8 Å². The summed E-state index contributed by atoms with van der Waals surface area (Å²) in [7, 11) is -6.45. The molecule has 1 amide bonds. The number of aromatic nitrogens is 1. The second kappa shape index (κ2) is 15.8. The average Bonchev–Trinajstić information content (AvgIpc) is 3.40. The Kier molecular flexibility index (Phi) is 12.3. The minimum Gasteiger partial charge on any atom is -0.490 e. The van der Waals surface area contributed by atoms with Crippen LogP contribution < -0.4 is 9.46 Å². The van der Waals surface area contributed by atoms with Crippen molar-refractivity contribution >= 4 is 31.6 Å². The predicted octanol–water partition coefficient (Wildman–Crippen LogP) is 4.21. The van der Waals surface area contributed by atoms with Gasteiger partial charge in [-0.25, -0.2) is 16.8 Å². The Morgan fingerprint density at radius 1 is 1.08 bits per heavy atom. The highest BCUT2D eigenvalue weighted by Gasteiger charge is 2.34. The van der Waals surface area contributed by atoms with E-state index in [0.29, 0.717) is 19.4 Å². The van der Waals surface area contributed by atoms with E-state index in [0.717, 1.165) is 6.42 Å². The zero-order valence-electron chi connectivity index (χ0n) is 28.2. The third-order valence-electron chi connectivity index (χ3n) is 8.43. The lowest BCUT2D eigenvalue weighted by atomic mass is 10.0. The molecule has 0 aliphatic carbocycles. The molecule has 0 radical (unpaired) electrons. The molecule has 2 aromatic carbocycles. The lowest BCUT2D eigenvalue weighted by Gasteiger charge is -2.35. The summed E-state index contributed by atoms with van der Waals surface area (Å²) < 4.78 is 74.7. The molecule has 0 unspecified atom stereocenters. The van der Waals surface area contributed by atoms with E-state index >= 15 is 0 Å². The maximum absolute atomic E-state index is 14.4. The number of carbonyl (C=O) groups is 1. The van der Waals surface area contributed by atoms with Crippen LogP contribution in [0.3, 0.4) is 0 Å². The van der Waals surface area contributed by atoms with Gasteiger partial charge in [-0.2, -0.15) is 4.31 Å². The number of hydrogen-bond acceptors (Lipinski definition) is 10. The van der Waals surface area contributed by atoms with Gasteiger partial charge < -0.3 is 24.0 Å². The van der Waals surface area contributed by atoms with Crippen molar-refractivity contribution in [3.63, 3.8) is 0 Å². The molecule has 0 saturated heterocycles. The van der Waals surface area contributed by atoms with Gasteiger partial charge in [-0.15, -0.1) is 0 Å². The van der Waals surface area contributed by atoms with Crippen molar-refractivity contribution in [1.82, 2.24) is 14.4 Å². The Morgan fingerprint density at radius 3 is 2.44 bits per heavy atom. The Bertz CT molecular complexity index is 1740. The SMILES string of the molecule is Cc1noc(C)c1S(=O)(=O)N(C)C[C@@H]1OCCCC[C@H](C)Oc2ccc(NS(=O)(=O)c3ccccc3)cc2C(=O)N([C@H](C)CO)C[C@@H]1C. The first-order valence-corrected chi connectivity index (χ1v) is 18.9. The van der Waals surface area contributed by atoms with Crippen LogP contribution >= 0.6 is 0 Å². The molecule has 0 saturated carbocycles. The number of nitrogens with one attached hydrogen (secondary N) is 1. The fraction of sp³-hybridized carbons (Fsp3) is 0.515. The highest BCUT2D eigenvalue weighted by molar-refractivity contribution is 7.92. The van der Waals surface area contributed by atoms with E-state index in [1.54, 1.807) is 51.1 Å². The van der Waals surface area contributed by atoms with Gasteiger partial charge in [0.2, 0.25) is 10.0 Å². The number of aryl methyl sites for hydroxylation is 2. The number of hydrogen-bond donors (Lipinski definition) is 2. The van der Waals surface area contributed by atoms with Crippen LogP contribution in [0.5, 0.6) is 5.75 Å². The Morgan fingerprint density at radius 2 is 1.79 bits per heavy atom. The number of amides is 1. The monoisotopic (exact) mass is 706 g/mol. The maximum Gasteiger partial charge on any atom is 0.261 e. The third-order valence-corrected chi connectivity index (χ3v) is 11.9. The van der Waals surface area contributed by atoms with Gasteiger partial charge in [0.1, 0.15) is 16.3 Å². The van der Waals surface area contributed by atoms with Crippen LogP contribution in [0.4, 0.5) is 5.69 Å². The summed E-state index contributed by atoms with van der Waals surface area (Å²) in [6.07, 6.45) is 1.19. The van der Waals surface area contributed by atoms with Crippen LogP contribution in [-0.2, 0) is 24.8 Å². The average molecular weight is 707 g/mol. The molecule has 0 bridgehead atoms. The van der Waals surface area contributed by atoms with Gasteiger partial charge in [-0.3, -0.25) is 9.52 Å². The Balaban J connectivity index is 1.69. The summed E-state index contributed by atoms with van der Waals surface area (Å²) in [6.45, 7) is 8.66. The highest BCUT2D eigenvalue weighted by atomic mass is 32.2. The summed E-state index contributed by atoms with van der Waals surface area (Å²) in [5.74, 6) is -0.406. The van der Waals surface area contributed by atoms with E-state index in [9.17, 15) is 26.7 Å². The number of carbonyl (C=O) groups excluding carboxylic acids is 1. The van der Waals surface area contributed by atoms with E-state index < -0.39 is 44.0 Å². The molecule has 0 fully saturated rings. The maximum atomic E-state index is 14.4. The molecule has 3 aromatic rings. The highest BCUT2D eigenvalue weighted by Crippen LogP contribution is 2.30. The number of ether oxygens (including phenoxy) is 2. The van der Waals surface area contributed by atoms with Gasteiger partial charge in [0.15, 0.2) is 5.76 Å². The van der Waals surface area contributed by atoms with E-state index in [2.05, 4.69) is 9.88 Å². The number of sulfonamides is 2. The number of aliphatic hydroxyl groups excluding tert-OH is 1. The van der Waals surface area contributed by atoms with Crippen LogP contribution in [0.15, 0.2) is 62.8 Å². The molecule has 2 heterocycles. The van der Waals surface area contributed by atoms with Gasteiger partial charge in [0.25, 0.3) is 15.9 Å². The van der Waals surface area contributed by atoms with Crippen molar-refractivity contribution in [3.8, 4) is 5.75 Å². The fourth-order valence-electron chi connectivity index (χ4n) is 5.61. The first-order chi connectivity index (χ1) is 22.6. The molecular formula is C33H46N4O9S2. The minimum atomic E-state index is -3.97. The fourth-order valence-corrected chi connectivity index (χ4v) is 8.15. The second-order valence-electron chi connectivity index (χ2n) is 12.4. The molecule has 4 rings (SSSR count). The molecule has 13 nitrogen and oxygen atoms in total. The Hall–Kier alpha value is -3.50. The summed E-state index contributed by atoms with van der Waals surface area (Å²) in [5, 5.41) is 14.0. The first kappa shape index (κ1) is 37.3. The number of anilines is 1. The molecule has 0 spiro atoms. The lowest BCUT2D eigenvalue weighted by molar-refractivity contribution is -0.00835. The van der Waals surface area contributed by atoms with E-state index in [1.165, 1.54) is 34.5 Å². The summed E-state index contributed by atoms with van der Waals surface area (Å²) in [4.78, 5) is 15.9. The zero-order chi connectivity index (χ0) is 35.2. The molecular weight excluding hydrogens is 661 g/mol. The molecule has 1 aliphatic heterocycles. The number of likely N-dealkylation sites (N-methyl/N-ethyl adjacent to an activating group) is 1. The normalized spacial score (nSPS) is 20.9. The van der Waals surface area contributed by atoms with Crippen molar-refractivity contribution < 1.29 is 40.7 Å². The second-order valence-corrected chi connectivity index (χ2v) is 16.0. The quantitative estimate of drug-likeness (QED) is 0.329. The summed E-state index contributed by atoms with van der Waals surface area (Å²) in [6, 6.07) is 11.8. The van der Waals surface area contributed by atoms with E-state index in [-0.39, 0.29) is 64.0 Å². The third kappa shape index (κ3) is 8.74. The van der Waals surface area contributed by atoms with Gasteiger partial charge in [0, 0.05) is 38.3 Å². The minimum absolute atomic E-state index is 0.00791. The number of benzene rings is 2. The Labute approximate surface area is 283 Å². The van der Waals surface area contributed by atoms with Crippen molar-refractivity contribution in [1.29, 1.82) is 0 Å². The van der Waals surface area contributed by atoms with Gasteiger partial charge >= 0.3 is 0 Å². The summed E-state index contributed by atoms with van der Waals surface area (Å²) >= 11 is 0. The van der Waals surface area contributed by atoms with Crippen molar-refractivity contribution in [3.05, 3.63) is 65.5 Å². The van der Waals surface area contributed by atoms with Crippen LogP contribution in [0.1, 0.15) is 61.8 Å². The number of aliphatic hydroxyl groups is 1. The number of fused-ring (bicyclic) bond motifs is 1. The molecule has 4 atom stereocenters. The molecule has 264 valence electrons. The van der Waals surface area contributed by atoms with Crippen molar-refractivity contribution in [2.24, 2.45) is 5.92 Å². The first-order valence-electron chi connectivity index (χ1n) is 16.0. The zero-order valence-corrected chi connectivity index (χ0v) is 29.9. The molecule has 1 aliphatic rings. The standard InChI is InChI=1S/C33H46N4O9S2/c1-22-19-37(23(2)21-38)33(39)29-18-27(35-47(40,41)28-13-8-7-9-14-28)15-16-30(29)45-24(3)12-10-11-17-44-31(22)20-36(6)48(42,43)32-25(4)34-46-26(32)5/h7-9,13-16,18,22-24,31,35,38H,10-12,17,19-21H2,1-6H3/t22-,23+,24-,31-/m0/s1. The number of rotatable bonds is 9. The topological polar surface area (TPSA) is 169 Å². The van der Waals surface area contributed by atoms with Crippen molar-refractivity contribution in [2.75, 3.05) is 38.1 Å². The number of nitrogens with zero attached hydrogens (tertiary/aromatic N) is 3. The van der Waals surface area contributed by atoms with Crippen LogP contribution in [-0.4, -0.2) is 93.8 Å². The van der Waals surface area contributed by atoms with Crippen LogP contribution in [0.2, 0.25) is 0 Å². The van der Waals surface area contributed by atoms with Gasteiger partial charge in [0.05, 0.1) is 35.3 Å². The molecule has 15 heteroatoms. The predicted molar refractivity (Wildman–Crippen MR) is 180 cm³/mol.